The molecule has 4 N–H and O–H groups in total. The molecule has 2 rings (SSSR count). The zero-order valence-electron chi connectivity index (χ0n) is 12.2. The summed E-state index contributed by atoms with van der Waals surface area (Å²) >= 11 is 0. The van der Waals surface area contributed by atoms with Crippen LogP contribution in [-0.4, -0.2) is 12.5 Å². The van der Waals surface area contributed by atoms with Gasteiger partial charge in [0, 0.05) is 6.54 Å². The maximum Gasteiger partial charge on any atom is 0.222 e. The third-order valence-electron chi connectivity index (χ3n) is 3.39. The van der Waals surface area contributed by atoms with E-state index in [0.717, 1.165) is 11.1 Å². The van der Waals surface area contributed by atoms with Crippen molar-refractivity contribution in [1.82, 2.24) is 0 Å². The zero-order valence-corrected chi connectivity index (χ0v) is 12.2. The number of ether oxygens (including phenoxy) is 1. The molecule has 1 amide bonds. The molecule has 22 heavy (non-hydrogen) atoms. The molecule has 0 aliphatic heterocycles. The van der Waals surface area contributed by atoms with E-state index < -0.39 is 11.7 Å². The summed E-state index contributed by atoms with van der Waals surface area (Å²) in [5, 5.41) is 0. The minimum Gasteiger partial charge on any atom is -0.486 e. The summed E-state index contributed by atoms with van der Waals surface area (Å²) in [6.07, 6.45) is 0.485. The molecule has 0 aromatic heterocycles. The maximum atomic E-state index is 13.5. The normalized spacial score (nSPS) is 11.9. The van der Waals surface area contributed by atoms with Gasteiger partial charge in [-0.3, -0.25) is 4.79 Å². The van der Waals surface area contributed by atoms with Crippen molar-refractivity contribution in [3.63, 3.8) is 0 Å². The first-order valence-corrected chi connectivity index (χ1v) is 7.04. The maximum absolute atomic E-state index is 13.5. The van der Waals surface area contributed by atoms with E-state index in [2.05, 4.69) is 0 Å². The van der Waals surface area contributed by atoms with Crippen molar-refractivity contribution in [2.24, 2.45) is 17.4 Å². The Balaban J connectivity index is 2.02. The second kappa shape index (κ2) is 7.56. The Labute approximate surface area is 128 Å². The number of carbonyl (C=O) groups excluding carboxylic acids is 1. The van der Waals surface area contributed by atoms with Crippen LogP contribution in [0, 0.1) is 11.7 Å². The van der Waals surface area contributed by atoms with Gasteiger partial charge in [-0.05, 0) is 29.7 Å². The third kappa shape index (κ3) is 4.30. The van der Waals surface area contributed by atoms with E-state index in [9.17, 15) is 9.18 Å². The average molecular weight is 302 g/mol. The van der Waals surface area contributed by atoms with Crippen LogP contribution < -0.4 is 16.2 Å². The van der Waals surface area contributed by atoms with Crippen LogP contribution in [0.2, 0.25) is 0 Å². The smallest absolute Gasteiger partial charge is 0.222 e. The number of nitrogens with two attached hydrogens (primary N) is 2. The van der Waals surface area contributed by atoms with Crippen molar-refractivity contribution in [3.8, 4) is 5.75 Å². The monoisotopic (exact) mass is 302 g/mol. The lowest BCUT2D eigenvalue weighted by molar-refractivity contribution is -0.121. The Kier molecular flexibility index (Phi) is 5.49. The van der Waals surface area contributed by atoms with Gasteiger partial charge in [0.05, 0.1) is 5.92 Å². The fraction of sp³-hybridized carbons (Fsp3) is 0.235. The summed E-state index contributed by atoms with van der Waals surface area (Å²) in [6, 6.07) is 13.8. The molecule has 0 spiro atoms. The number of halogens is 1. The highest BCUT2D eigenvalue weighted by molar-refractivity contribution is 5.77. The van der Waals surface area contributed by atoms with Gasteiger partial charge >= 0.3 is 0 Å². The van der Waals surface area contributed by atoms with E-state index in [1.165, 1.54) is 6.07 Å². The molecule has 0 heterocycles. The zero-order chi connectivity index (χ0) is 15.9. The molecule has 2 aromatic rings. The predicted octanol–water partition coefficient (Wildman–Crippen LogP) is 2.01. The van der Waals surface area contributed by atoms with Gasteiger partial charge < -0.3 is 16.2 Å². The van der Waals surface area contributed by atoms with Crippen LogP contribution in [0.1, 0.15) is 11.1 Å². The fourth-order valence-corrected chi connectivity index (χ4v) is 2.15. The minimum atomic E-state index is -0.407. The van der Waals surface area contributed by atoms with E-state index in [0.29, 0.717) is 6.42 Å². The number of hydrogen-bond acceptors (Lipinski definition) is 3. The summed E-state index contributed by atoms with van der Waals surface area (Å²) in [6.45, 7) is 0.462. The van der Waals surface area contributed by atoms with Crippen molar-refractivity contribution >= 4 is 5.91 Å². The van der Waals surface area contributed by atoms with Crippen molar-refractivity contribution in [3.05, 3.63) is 65.5 Å². The van der Waals surface area contributed by atoms with Gasteiger partial charge in [0.25, 0.3) is 0 Å². The van der Waals surface area contributed by atoms with E-state index >= 15 is 0 Å². The molecule has 4 nitrogen and oxygen atoms in total. The Morgan fingerprint density at radius 1 is 1.14 bits per heavy atom. The Morgan fingerprint density at radius 3 is 2.55 bits per heavy atom. The molecule has 0 aliphatic rings. The summed E-state index contributed by atoms with van der Waals surface area (Å²) < 4.78 is 19.0. The summed E-state index contributed by atoms with van der Waals surface area (Å²) in [7, 11) is 0. The summed E-state index contributed by atoms with van der Waals surface area (Å²) in [5.74, 6) is -0.973. The van der Waals surface area contributed by atoms with Gasteiger partial charge in [0.1, 0.15) is 6.61 Å². The number of hydrogen-bond donors (Lipinski definition) is 2. The number of amides is 1. The largest absolute Gasteiger partial charge is 0.486 e. The SMILES string of the molecule is NC[C@H](Cc1cccc(COc2ccccc2F)c1)C(N)=O. The van der Waals surface area contributed by atoms with Crippen molar-refractivity contribution in [2.75, 3.05) is 6.54 Å². The fourth-order valence-electron chi connectivity index (χ4n) is 2.15. The number of carbonyl (C=O) groups is 1. The van der Waals surface area contributed by atoms with Crippen molar-refractivity contribution in [1.29, 1.82) is 0 Å². The van der Waals surface area contributed by atoms with E-state index in [4.69, 9.17) is 16.2 Å². The highest BCUT2D eigenvalue weighted by Gasteiger charge is 2.14. The molecule has 0 unspecified atom stereocenters. The molecule has 5 heteroatoms. The standard InChI is InChI=1S/C17H19FN2O2/c18-15-6-1-2-7-16(15)22-11-13-5-3-4-12(8-13)9-14(10-19)17(20)21/h1-8,14H,9-11,19H2,(H2,20,21)/t14-/m0/s1. The van der Waals surface area contributed by atoms with Crippen LogP contribution in [0.4, 0.5) is 4.39 Å². The lowest BCUT2D eigenvalue weighted by Crippen LogP contribution is -2.31. The molecular weight excluding hydrogens is 283 g/mol. The first-order valence-electron chi connectivity index (χ1n) is 7.04. The minimum absolute atomic E-state index is 0.213. The molecule has 0 fully saturated rings. The average Bonchev–Trinajstić information content (AvgIpc) is 2.52. The van der Waals surface area contributed by atoms with Crippen LogP contribution in [-0.2, 0) is 17.8 Å². The molecule has 0 radical (unpaired) electrons. The van der Waals surface area contributed by atoms with Gasteiger partial charge in [-0.15, -0.1) is 0 Å². The Hall–Kier alpha value is -2.40. The number of primary amides is 1. The second-order valence-electron chi connectivity index (χ2n) is 5.08. The van der Waals surface area contributed by atoms with Gasteiger partial charge in [-0.1, -0.05) is 36.4 Å². The van der Waals surface area contributed by atoms with Gasteiger partial charge in [-0.25, -0.2) is 4.39 Å². The predicted molar refractivity (Wildman–Crippen MR) is 82.6 cm³/mol. The van der Waals surface area contributed by atoms with Crippen LogP contribution in [0.3, 0.4) is 0 Å². The topological polar surface area (TPSA) is 78.3 Å². The molecule has 2 aromatic carbocycles. The van der Waals surface area contributed by atoms with Gasteiger partial charge in [-0.2, -0.15) is 0 Å². The molecular formula is C17H19FN2O2. The first-order chi connectivity index (χ1) is 10.6. The lowest BCUT2D eigenvalue weighted by atomic mass is 9.97. The van der Waals surface area contributed by atoms with E-state index in [1.54, 1.807) is 18.2 Å². The Morgan fingerprint density at radius 2 is 1.86 bits per heavy atom. The number of para-hydroxylation sites is 1. The first kappa shape index (κ1) is 16.0. The molecule has 0 saturated heterocycles. The number of benzene rings is 2. The van der Waals surface area contributed by atoms with E-state index in [1.807, 2.05) is 24.3 Å². The lowest BCUT2D eigenvalue weighted by Gasteiger charge is -2.12. The Bertz CT molecular complexity index is 646. The van der Waals surface area contributed by atoms with Crippen molar-refractivity contribution in [2.45, 2.75) is 13.0 Å². The molecule has 0 saturated carbocycles. The highest BCUT2D eigenvalue weighted by Crippen LogP contribution is 2.18. The van der Waals surface area contributed by atoms with Crippen LogP contribution >= 0.6 is 0 Å². The molecule has 0 bridgehead atoms. The molecule has 116 valence electrons. The van der Waals surface area contributed by atoms with Crippen molar-refractivity contribution < 1.29 is 13.9 Å². The quantitative estimate of drug-likeness (QED) is 0.821. The highest BCUT2D eigenvalue weighted by atomic mass is 19.1. The molecule has 1 atom stereocenters. The van der Waals surface area contributed by atoms with Gasteiger partial charge in [0.2, 0.25) is 5.91 Å². The third-order valence-corrected chi connectivity index (χ3v) is 3.39. The van der Waals surface area contributed by atoms with Gasteiger partial charge in [0.15, 0.2) is 11.6 Å². The van der Waals surface area contributed by atoms with E-state index in [-0.39, 0.29) is 24.8 Å². The summed E-state index contributed by atoms with van der Waals surface area (Å²) in [4.78, 5) is 11.2. The van der Waals surface area contributed by atoms with Crippen LogP contribution in [0.15, 0.2) is 48.5 Å². The summed E-state index contributed by atoms with van der Waals surface area (Å²) in [5.41, 5.74) is 12.7. The van der Waals surface area contributed by atoms with Crippen LogP contribution in [0.5, 0.6) is 5.75 Å². The number of rotatable bonds is 7. The molecule has 0 aliphatic carbocycles. The second-order valence-corrected chi connectivity index (χ2v) is 5.08. The van der Waals surface area contributed by atoms with Crippen LogP contribution in [0.25, 0.3) is 0 Å².